The summed E-state index contributed by atoms with van der Waals surface area (Å²) in [5, 5.41) is 0. The third kappa shape index (κ3) is 43.3. The van der Waals surface area contributed by atoms with E-state index in [-0.39, 0.29) is 19.4 Å². The zero-order chi connectivity index (χ0) is 34.1. The van der Waals surface area contributed by atoms with Crippen molar-refractivity contribution in [3.63, 3.8) is 0 Å². The van der Waals surface area contributed by atoms with E-state index in [0.717, 1.165) is 25.7 Å². The maximum Gasteiger partial charge on any atom is 0.306 e. The van der Waals surface area contributed by atoms with Gasteiger partial charge in [0.05, 0.1) is 26.1 Å². The van der Waals surface area contributed by atoms with Crippen LogP contribution < -0.4 is 0 Å². The van der Waals surface area contributed by atoms with Crippen LogP contribution in [0.4, 0.5) is 0 Å². The monoisotopic (exact) mass is 699 g/mol. The van der Waals surface area contributed by atoms with Gasteiger partial charge in [-0.1, -0.05) is 214 Å². The minimum absolute atomic E-state index is 0. The van der Waals surface area contributed by atoms with Crippen molar-refractivity contribution < 1.29 is 19.1 Å². The van der Waals surface area contributed by atoms with Crippen LogP contribution in [0.1, 0.15) is 240 Å². The van der Waals surface area contributed by atoms with Crippen molar-refractivity contribution >= 4 is 23.7 Å². The van der Waals surface area contributed by atoms with Crippen LogP contribution in [-0.2, 0) is 19.1 Å². The first-order valence-corrected chi connectivity index (χ1v) is 22.2. The SMILES string of the molecule is C.CCCCCCCCCCCCCCCCCCOC(=O)CCSCCC(=O)OCCCCCCCCCCCCCCCCCC. The molecule has 0 aromatic carbocycles. The number of rotatable bonds is 40. The Kier molecular flexibility index (Phi) is 45.6. The second kappa shape index (κ2) is 44.3. The minimum atomic E-state index is -0.107. The van der Waals surface area contributed by atoms with Gasteiger partial charge in [-0.2, -0.15) is 11.8 Å². The lowest BCUT2D eigenvalue weighted by molar-refractivity contribution is -0.144. The highest BCUT2D eigenvalue weighted by atomic mass is 32.2. The molecular weight excluding hydrogens is 613 g/mol. The van der Waals surface area contributed by atoms with Gasteiger partial charge in [-0.15, -0.1) is 0 Å². The van der Waals surface area contributed by atoms with Gasteiger partial charge in [0.25, 0.3) is 0 Å². The van der Waals surface area contributed by atoms with E-state index in [1.807, 2.05) is 0 Å². The van der Waals surface area contributed by atoms with Gasteiger partial charge in [-0.3, -0.25) is 9.59 Å². The molecule has 4 nitrogen and oxygen atoms in total. The van der Waals surface area contributed by atoms with Crippen molar-refractivity contribution in [3.8, 4) is 0 Å². The van der Waals surface area contributed by atoms with E-state index in [9.17, 15) is 9.59 Å². The number of esters is 2. The third-order valence-electron chi connectivity index (χ3n) is 9.42. The molecule has 0 saturated carbocycles. The Balaban J connectivity index is 0. The summed E-state index contributed by atoms with van der Waals surface area (Å²) in [7, 11) is 0. The summed E-state index contributed by atoms with van der Waals surface area (Å²) < 4.78 is 10.8. The maximum absolute atomic E-state index is 12.0. The Hall–Kier alpha value is -0.710. The summed E-state index contributed by atoms with van der Waals surface area (Å²) in [6, 6.07) is 0. The minimum Gasteiger partial charge on any atom is -0.466 e. The average molecular weight is 699 g/mol. The molecule has 0 atom stereocenters. The lowest BCUT2D eigenvalue weighted by Crippen LogP contribution is -2.09. The Bertz CT molecular complexity index is 574. The Labute approximate surface area is 306 Å². The molecule has 0 amide bonds. The van der Waals surface area contributed by atoms with Gasteiger partial charge in [0.2, 0.25) is 0 Å². The number of thioether (sulfide) groups is 1. The van der Waals surface area contributed by atoms with Crippen molar-refractivity contribution in [1.82, 2.24) is 0 Å². The number of hydrogen-bond donors (Lipinski definition) is 0. The fraction of sp³-hybridized carbons (Fsp3) is 0.953. The van der Waals surface area contributed by atoms with E-state index >= 15 is 0 Å². The van der Waals surface area contributed by atoms with Crippen molar-refractivity contribution in [1.29, 1.82) is 0 Å². The predicted octanol–water partition coefficient (Wildman–Crippen LogP) is 14.7. The van der Waals surface area contributed by atoms with Gasteiger partial charge in [0.1, 0.15) is 0 Å². The Morgan fingerprint density at radius 3 is 0.792 bits per heavy atom. The molecule has 0 unspecified atom stereocenters. The molecule has 0 aliphatic rings. The van der Waals surface area contributed by atoms with Gasteiger partial charge < -0.3 is 9.47 Å². The molecule has 0 rings (SSSR count). The van der Waals surface area contributed by atoms with Crippen LogP contribution in [0.3, 0.4) is 0 Å². The molecule has 48 heavy (non-hydrogen) atoms. The maximum atomic E-state index is 12.0. The zero-order valence-corrected chi connectivity index (χ0v) is 32.7. The van der Waals surface area contributed by atoms with Crippen LogP contribution in [0.5, 0.6) is 0 Å². The van der Waals surface area contributed by atoms with Gasteiger partial charge >= 0.3 is 11.9 Å². The van der Waals surface area contributed by atoms with Crippen LogP contribution in [-0.4, -0.2) is 36.7 Å². The fourth-order valence-electron chi connectivity index (χ4n) is 6.23. The highest BCUT2D eigenvalue weighted by molar-refractivity contribution is 7.99. The van der Waals surface area contributed by atoms with Gasteiger partial charge in [0, 0.05) is 11.5 Å². The summed E-state index contributed by atoms with van der Waals surface area (Å²) in [6.07, 6.45) is 44.0. The van der Waals surface area contributed by atoms with Crippen LogP contribution in [0.15, 0.2) is 0 Å². The molecule has 0 N–H and O–H groups in total. The first-order chi connectivity index (χ1) is 23.2. The Morgan fingerprint density at radius 1 is 0.354 bits per heavy atom. The first-order valence-electron chi connectivity index (χ1n) is 21.1. The molecule has 5 heteroatoms. The van der Waals surface area contributed by atoms with Crippen LogP contribution in [0.2, 0.25) is 0 Å². The highest BCUT2D eigenvalue weighted by Gasteiger charge is 2.06. The second-order valence-corrected chi connectivity index (χ2v) is 15.4. The standard InChI is InChI=1S/C42H82O4S.CH4/c1-3-5-7-9-11-13-15-17-19-21-23-25-27-29-31-33-37-45-41(43)35-39-47-40-36-42(44)46-38-34-32-30-28-26-24-22-20-18-16-14-12-10-8-6-4-2;/h3-40H2,1-2H3;1H4. The summed E-state index contributed by atoms with van der Waals surface area (Å²) in [6.45, 7) is 5.67. The number of ether oxygens (including phenoxy) is 2. The molecule has 0 aliphatic heterocycles. The molecular formula is C43H86O4S. The van der Waals surface area contributed by atoms with Crippen LogP contribution in [0, 0.1) is 0 Å². The number of hydrogen-bond acceptors (Lipinski definition) is 5. The van der Waals surface area contributed by atoms with Crippen LogP contribution in [0.25, 0.3) is 0 Å². The molecule has 0 bridgehead atoms. The second-order valence-electron chi connectivity index (χ2n) is 14.2. The molecule has 0 fully saturated rings. The molecule has 0 aliphatic carbocycles. The smallest absolute Gasteiger partial charge is 0.306 e. The summed E-state index contributed by atoms with van der Waals surface area (Å²) in [5.41, 5.74) is 0. The van der Waals surface area contributed by atoms with E-state index in [4.69, 9.17) is 9.47 Å². The Morgan fingerprint density at radius 2 is 0.562 bits per heavy atom. The fourth-order valence-corrected chi connectivity index (χ4v) is 7.06. The van der Waals surface area contributed by atoms with Crippen molar-refractivity contribution in [2.75, 3.05) is 24.7 Å². The molecule has 0 aromatic heterocycles. The summed E-state index contributed by atoms with van der Waals surface area (Å²) >= 11 is 1.64. The van der Waals surface area contributed by atoms with Crippen LogP contribution >= 0.6 is 11.8 Å². The molecule has 0 heterocycles. The average Bonchev–Trinajstić information content (AvgIpc) is 3.07. The molecule has 0 radical (unpaired) electrons. The molecule has 288 valence electrons. The number of carbonyl (C=O) groups excluding carboxylic acids is 2. The number of carbonyl (C=O) groups is 2. The third-order valence-corrected chi connectivity index (χ3v) is 10.4. The summed E-state index contributed by atoms with van der Waals surface area (Å²) in [4.78, 5) is 23.9. The predicted molar refractivity (Wildman–Crippen MR) is 214 cm³/mol. The molecule has 0 aromatic rings. The van der Waals surface area contributed by atoms with E-state index in [0.29, 0.717) is 37.6 Å². The molecule has 0 spiro atoms. The highest BCUT2D eigenvalue weighted by Crippen LogP contribution is 2.15. The number of unbranched alkanes of at least 4 members (excludes halogenated alkanes) is 30. The van der Waals surface area contributed by atoms with Gasteiger partial charge in [-0.05, 0) is 12.8 Å². The van der Waals surface area contributed by atoms with Gasteiger partial charge in [-0.25, -0.2) is 0 Å². The molecule has 0 saturated heterocycles. The van der Waals surface area contributed by atoms with Gasteiger partial charge in [0.15, 0.2) is 0 Å². The van der Waals surface area contributed by atoms with Crippen molar-refractivity contribution in [2.24, 2.45) is 0 Å². The zero-order valence-electron chi connectivity index (χ0n) is 31.9. The largest absolute Gasteiger partial charge is 0.466 e. The quantitative estimate of drug-likeness (QED) is 0.0471. The van der Waals surface area contributed by atoms with Crippen molar-refractivity contribution in [3.05, 3.63) is 0 Å². The van der Waals surface area contributed by atoms with Crippen molar-refractivity contribution in [2.45, 2.75) is 240 Å². The topological polar surface area (TPSA) is 52.6 Å². The first kappa shape index (κ1) is 49.4. The lowest BCUT2D eigenvalue weighted by atomic mass is 10.0. The van der Waals surface area contributed by atoms with E-state index in [1.54, 1.807) is 11.8 Å². The lowest BCUT2D eigenvalue weighted by Gasteiger charge is -2.06. The van der Waals surface area contributed by atoms with E-state index < -0.39 is 0 Å². The normalized spacial score (nSPS) is 11.0. The van der Waals surface area contributed by atoms with E-state index in [1.165, 1.54) is 180 Å². The van der Waals surface area contributed by atoms with E-state index in [2.05, 4.69) is 13.8 Å². The summed E-state index contributed by atoms with van der Waals surface area (Å²) in [5.74, 6) is 1.21.